The smallest absolute Gasteiger partial charge is 0.207 e. The van der Waals surface area contributed by atoms with E-state index in [1.165, 1.54) is 19.3 Å². The Kier molecular flexibility index (Phi) is 2.63. The fourth-order valence-electron chi connectivity index (χ4n) is 0.748. The Morgan fingerprint density at radius 1 is 1.33 bits per heavy atom. The van der Waals surface area contributed by atoms with Crippen molar-refractivity contribution in [1.29, 1.82) is 0 Å². The molecule has 1 heterocycles. The summed E-state index contributed by atoms with van der Waals surface area (Å²) in [7, 11) is 0. The number of ketones is 2. The van der Waals surface area contributed by atoms with Crippen LogP contribution in [0.15, 0.2) is 18.5 Å². The predicted octanol–water partition coefficient (Wildman–Crippen LogP) is 0.638. The fraction of sp³-hybridized carbons (Fsp3) is 0.250. The van der Waals surface area contributed by atoms with Gasteiger partial charge in [-0.1, -0.05) is 0 Å². The minimum absolute atomic E-state index is 0.104. The molecule has 0 fully saturated rings. The zero-order valence-electron chi connectivity index (χ0n) is 6.65. The first-order valence-electron chi connectivity index (χ1n) is 3.50. The highest BCUT2D eigenvalue weighted by Gasteiger charge is 2.09. The Hall–Kier alpha value is -1.58. The van der Waals surface area contributed by atoms with Crippen LogP contribution in [0.4, 0.5) is 0 Å². The van der Waals surface area contributed by atoms with Gasteiger partial charge in [-0.2, -0.15) is 0 Å². The lowest BCUT2D eigenvalue weighted by atomic mass is 10.2. The molecule has 0 saturated carbocycles. The lowest BCUT2D eigenvalue weighted by Gasteiger charge is -1.93. The second-order valence-corrected chi connectivity index (χ2v) is 2.37. The summed E-state index contributed by atoms with van der Waals surface area (Å²) >= 11 is 0. The number of carbonyl (C=O) groups excluding carboxylic acids is 2. The Bertz CT molecular complexity index is 295. The molecule has 0 spiro atoms. The molecule has 0 aromatic carbocycles. The van der Waals surface area contributed by atoms with Gasteiger partial charge >= 0.3 is 0 Å². The highest BCUT2D eigenvalue weighted by Crippen LogP contribution is 1.94. The van der Waals surface area contributed by atoms with Gasteiger partial charge in [-0.05, 0) is 13.0 Å². The number of hydrogen-bond acceptors (Lipinski definition) is 4. The van der Waals surface area contributed by atoms with Gasteiger partial charge in [-0.25, -0.2) is 9.97 Å². The average molecular weight is 164 g/mol. The molecule has 0 atom stereocenters. The lowest BCUT2D eigenvalue weighted by Crippen LogP contribution is -2.08. The van der Waals surface area contributed by atoms with Crippen molar-refractivity contribution in [3.05, 3.63) is 24.3 Å². The summed E-state index contributed by atoms with van der Waals surface area (Å²) in [6.07, 6.45) is 2.82. The molecule has 4 heteroatoms. The number of aromatic nitrogens is 2. The standard InChI is InChI=1S/C8H8N2O2/c1-6(11)5-7(12)8-9-3-2-4-10-8/h2-4H,5H2,1H3. The molecule has 0 aliphatic carbocycles. The lowest BCUT2D eigenvalue weighted by molar-refractivity contribution is -0.116. The van der Waals surface area contributed by atoms with Crippen LogP contribution in [-0.4, -0.2) is 21.5 Å². The van der Waals surface area contributed by atoms with Crippen LogP contribution in [0.2, 0.25) is 0 Å². The van der Waals surface area contributed by atoms with Crippen LogP contribution in [0.25, 0.3) is 0 Å². The van der Waals surface area contributed by atoms with Crippen LogP contribution in [0.1, 0.15) is 24.0 Å². The molecule has 1 aromatic rings. The third-order valence-electron chi connectivity index (χ3n) is 1.22. The van der Waals surface area contributed by atoms with Crippen LogP contribution >= 0.6 is 0 Å². The van der Waals surface area contributed by atoms with Gasteiger partial charge in [0.25, 0.3) is 0 Å². The number of hydrogen-bond donors (Lipinski definition) is 0. The average Bonchev–Trinajstić information content (AvgIpc) is 2.05. The topological polar surface area (TPSA) is 59.9 Å². The zero-order chi connectivity index (χ0) is 8.97. The molecule has 1 aromatic heterocycles. The summed E-state index contributed by atoms with van der Waals surface area (Å²) in [4.78, 5) is 29.1. The quantitative estimate of drug-likeness (QED) is 0.485. The Labute approximate surface area is 69.7 Å². The van der Waals surface area contributed by atoms with Gasteiger partial charge in [0.15, 0.2) is 5.82 Å². The molecule has 12 heavy (non-hydrogen) atoms. The minimum atomic E-state index is -0.330. The van der Waals surface area contributed by atoms with Gasteiger partial charge in [-0.15, -0.1) is 0 Å². The molecule has 62 valence electrons. The van der Waals surface area contributed by atoms with E-state index in [2.05, 4.69) is 9.97 Å². The maximum atomic E-state index is 11.1. The molecule has 1 rings (SSSR count). The molecule has 0 saturated heterocycles. The van der Waals surface area contributed by atoms with Gasteiger partial charge in [0.05, 0.1) is 6.42 Å². The highest BCUT2D eigenvalue weighted by molar-refractivity contribution is 6.05. The van der Waals surface area contributed by atoms with Crippen molar-refractivity contribution in [3.8, 4) is 0 Å². The van der Waals surface area contributed by atoms with Crippen LogP contribution in [-0.2, 0) is 4.79 Å². The van der Waals surface area contributed by atoms with Gasteiger partial charge in [0.2, 0.25) is 5.78 Å². The third kappa shape index (κ3) is 2.23. The molecule has 0 bridgehead atoms. The Morgan fingerprint density at radius 3 is 2.42 bits per heavy atom. The van der Waals surface area contributed by atoms with E-state index in [1.807, 2.05) is 0 Å². The van der Waals surface area contributed by atoms with E-state index < -0.39 is 0 Å². The SMILES string of the molecule is CC(=O)CC(=O)c1ncccn1. The van der Waals surface area contributed by atoms with Crippen molar-refractivity contribution in [3.63, 3.8) is 0 Å². The number of rotatable bonds is 3. The van der Waals surface area contributed by atoms with Gasteiger partial charge in [0, 0.05) is 12.4 Å². The maximum absolute atomic E-state index is 11.1. The van der Waals surface area contributed by atoms with Gasteiger partial charge < -0.3 is 0 Å². The normalized spacial score (nSPS) is 9.42. The fourth-order valence-corrected chi connectivity index (χ4v) is 0.748. The zero-order valence-corrected chi connectivity index (χ0v) is 6.65. The van der Waals surface area contributed by atoms with Crippen molar-refractivity contribution in [2.24, 2.45) is 0 Å². The van der Waals surface area contributed by atoms with Crippen LogP contribution < -0.4 is 0 Å². The maximum Gasteiger partial charge on any atom is 0.207 e. The van der Waals surface area contributed by atoms with E-state index in [-0.39, 0.29) is 23.8 Å². The molecule has 0 radical (unpaired) electrons. The van der Waals surface area contributed by atoms with Crippen LogP contribution in [0, 0.1) is 0 Å². The first-order valence-corrected chi connectivity index (χ1v) is 3.50. The van der Waals surface area contributed by atoms with E-state index >= 15 is 0 Å². The van der Waals surface area contributed by atoms with Crippen molar-refractivity contribution in [1.82, 2.24) is 9.97 Å². The minimum Gasteiger partial charge on any atom is -0.300 e. The van der Waals surface area contributed by atoms with Crippen molar-refractivity contribution < 1.29 is 9.59 Å². The molecule has 0 unspecified atom stereocenters. The van der Waals surface area contributed by atoms with E-state index in [1.54, 1.807) is 6.07 Å². The van der Waals surface area contributed by atoms with E-state index in [0.29, 0.717) is 0 Å². The molecular formula is C8H8N2O2. The predicted molar refractivity (Wildman–Crippen MR) is 41.7 cm³/mol. The third-order valence-corrected chi connectivity index (χ3v) is 1.22. The summed E-state index contributed by atoms with van der Waals surface area (Å²) in [6.45, 7) is 1.36. The molecule has 4 nitrogen and oxygen atoms in total. The monoisotopic (exact) mass is 164 g/mol. The van der Waals surface area contributed by atoms with E-state index in [9.17, 15) is 9.59 Å². The second kappa shape index (κ2) is 3.71. The van der Waals surface area contributed by atoms with Crippen LogP contribution in [0.3, 0.4) is 0 Å². The first kappa shape index (κ1) is 8.52. The van der Waals surface area contributed by atoms with Crippen LogP contribution in [0.5, 0.6) is 0 Å². The largest absolute Gasteiger partial charge is 0.300 e. The highest BCUT2D eigenvalue weighted by atomic mass is 16.1. The second-order valence-electron chi connectivity index (χ2n) is 2.37. The van der Waals surface area contributed by atoms with E-state index in [4.69, 9.17) is 0 Å². The molecule has 0 aliphatic heterocycles. The van der Waals surface area contributed by atoms with Gasteiger partial charge in [0.1, 0.15) is 5.78 Å². The Balaban J connectivity index is 2.73. The van der Waals surface area contributed by atoms with Crippen molar-refractivity contribution >= 4 is 11.6 Å². The molecular weight excluding hydrogens is 156 g/mol. The Morgan fingerprint density at radius 2 is 1.92 bits per heavy atom. The summed E-state index contributed by atoms with van der Waals surface area (Å²) in [5, 5.41) is 0. The summed E-state index contributed by atoms with van der Waals surface area (Å²) in [5.74, 6) is -0.400. The number of carbonyl (C=O) groups is 2. The summed E-state index contributed by atoms with van der Waals surface area (Å²) in [5.41, 5.74) is 0. The molecule has 0 aliphatic rings. The summed E-state index contributed by atoms with van der Waals surface area (Å²) < 4.78 is 0. The van der Waals surface area contributed by atoms with Crippen molar-refractivity contribution in [2.45, 2.75) is 13.3 Å². The molecule has 0 N–H and O–H groups in total. The number of nitrogens with zero attached hydrogens (tertiary/aromatic N) is 2. The van der Waals surface area contributed by atoms with E-state index in [0.717, 1.165) is 0 Å². The summed E-state index contributed by atoms with van der Waals surface area (Å²) in [6, 6.07) is 1.62. The first-order chi connectivity index (χ1) is 5.70. The van der Waals surface area contributed by atoms with Gasteiger partial charge in [-0.3, -0.25) is 9.59 Å². The number of Topliss-reactive ketones (excluding diaryl/α,β-unsaturated/α-hetero) is 2. The van der Waals surface area contributed by atoms with Crippen molar-refractivity contribution in [2.75, 3.05) is 0 Å². The molecule has 0 amide bonds.